The highest BCUT2D eigenvalue weighted by molar-refractivity contribution is 7.71. The number of rotatable bonds is 5. The van der Waals surface area contributed by atoms with Crippen molar-refractivity contribution in [1.29, 1.82) is 0 Å². The SMILES string of the molecule is O=C(NCCc1ccccc1)c1ccc2c(=O)n(-c3ccc(F)cc3)c(=S)[nH]c2c1. The summed E-state index contributed by atoms with van der Waals surface area (Å²) < 4.78 is 14.7. The van der Waals surface area contributed by atoms with Crippen molar-refractivity contribution >= 4 is 29.0 Å². The van der Waals surface area contributed by atoms with Crippen molar-refractivity contribution in [3.63, 3.8) is 0 Å². The van der Waals surface area contributed by atoms with E-state index < -0.39 is 5.82 Å². The summed E-state index contributed by atoms with van der Waals surface area (Å²) in [5.74, 6) is -0.625. The lowest BCUT2D eigenvalue weighted by atomic mass is 10.1. The molecule has 4 aromatic rings. The number of fused-ring (bicyclic) bond motifs is 1. The van der Waals surface area contributed by atoms with Crippen LogP contribution >= 0.6 is 12.2 Å². The molecule has 3 aromatic carbocycles. The van der Waals surface area contributed by atoms with Gasteiger partial charge in [0.1, 0.15) is 5.82 Å². The number of aromatic amines is 1. The maximum atomic E-state index is 13.2. The molecule has 7 heteroatoms. The van der Waals surface area contributed by atoms with Crippen LogP contribution in [0.3, 0.4) is 0 Å². The van der Waals surface area contributed by atoms with E-state index >= 15 is 0 Å². The molecule has 2 N–H and O–H groups in total. The zero-order valence-electron chi connectivity index (χ0n) is 15.9. The molecule has 0 aliphatic carbocycles. The predicted octanol–water partition coefficient (Wildman–Crippen LogP) is 4.16. The molecule has 1 heterocycles. The number of benzene rings is 3. The lowest BCUT2D eigenvalue weighted by Crippen LogP contribution is -2.26. The van der Waals surface area contributed by atoms with Gasteiger partial charge in [-0.2, -0.15) is 0 Å². The predicted molar refractivity (Wildman–Crippen MR) is 117 cm³/mol. The van der Waals surface area contributed by atoms with Crippen molar-refractivity contribution in [2.24, 2.45) is 0 Å². The fourth-order valence-corrected chi connectivity index (χ4v) is 3.55. The third-order valence-corrected chi connectivity index (χ3v) is 5.07. The topological polar surface area (TPSA) is 66.9 Å². The normalized spacial score (nSPS) is 10.8. The first-order valence-corrected chi connectivity index (χ1v) is 9.81. The first-order chi connectivity index (χ1) is 14.5. The molecule has 0 fully saturated rings. The minimum Gasteiger partial charge on any atom is -0.352 e. The minimum absolute atomic E-state index is 0.167. The van der Waals surface area contributed by atoms with Crippen LogP contribution in [0.15, 0.2) is 77.6 Å². The van der Waals surface area contributed by atoms with Crippen molar-refractivity contribution in [2.75, 3.05) is 6.54 Å². The van der Waals surface area contributed by atoms with Crippen LogP contribution in [0.5, 0.6) is 0 Å². The van der Waals surface area contributed by atoms with Crippen molar-refractivity contribution < 1.29 is 9.18 Å². The molecule has 0 unspecified atom stereocenters. The molecule has 0 radical (unpaired) electrons. The average Bonchev–Trinajstić information content (AvgIpc) is 2.75. The van der Waals surface area contributed by atoms with Gasteiger partial charge in [0.05, 0.1) is 16.6 Å². The van der Waals surface area contributed by atoms with Gasteiger partial charge in [0, 0.05) is 12.1 Å². The molecule has 0 spiro atoms. The number of carbonyl (C=O) groups is 1. The van der Waals surface area contributed by atoms with E-state index in [9.17, 15) is 14.0 Å². The molecule has 4 rings (SSSR count). The van der Waals surface area contributed by atoms with Gasteiger partial charge in [0.15, 0.2) is 4.77 Å². The first kappa shape index (κ1) is 19.7. The molecule has 0 aliphatic rings. The van der Waals surface area contributed by atoms with Gasteiger partial charge in [0.2, 0.25) is 0 Å². The van der Waals surface area contributed by atoms with Crippen LogP contribution in [0.2, 0.25) is 0 Å². The number of nitrogens with zero attached hydrogens (tertiary/aromatic N) is 1. The molecule has 0 saturated heterocycles. The average molecular weight is 419 g/mol. The van der Waals surface area contributed by atoms with Crippen LogP contribution in [0.1, 0.15) is 15.9 Å². The second-order valence-corrected chi connectivity index (χ2v) is 7.19. The summed E-state index contributed by atoms with van der Waals surface area (Å²) in [5.41, 5.74) is 2.17. The largest absolute Gasteiger partial charge is 0.352 e. The molecule has 1 aromatic heterocycles. The van der Waals surface area contributed by atoms with Gasteiger partial charge in [-0.1, -0.05) is 30.3 Å². The number of H-pyrrole nitrogens is 1. The highest BCUT2D eigenvalue weighted by Crippen LogP contribution is 2.14. The Bertz CT molecular complexity index is 1330. The van der Waals surface area contributed by atoms with Crippen molar-refractivity contribution in [3.8, 4) is 5.69 Å². The Morgan fingerprint density at radius 3 is 2.50 bits per heavy atom. The molecule has 0 aliphatic heterocycles. The van der Waals surface area contributed by atoms with Crippen LogP contribution < -0.4 is 10.9 Å². The highest BCUT2D eigenvalue weighted by atomic mass is 32.1. The highest BCUT2D eigenvalue weighted by Gasteiger charge is 2.11. The van der Waals surface area contributed by atoms with E-state index in [1.807, 2.05) is 30.3 Å². The van der Waals surface area contributed by atoms with Crippen LogP contribution in [0.4, 0.5) is 4.39 Å². The number of halogens is 1. The van der Waals surface area contributed by atoms with Crippen LogP contribution in [0.25, 0.3) is 16.6 Å². The number of nitrogens with one attached hydrogen (secondary N) is 2. The van der Waals surface area contributed by atoms with Gasteiger partial charge < -0.3 is 10.3 Å². The standard InChI is InChI=1S/C23H18FN3O2S/c24-17-7-9-18(10-8-17)27-22(29)19-11-6-16(14-20(19)26-23(27)30)21(28)25-13-12-15-4-2-1-3-5-15/h1-11,14H,12-13H2,(H,25,28)(H,26,30). The molecular formula is C23H18FN3O2S. The second kappa shape index (κ2) is 8.42. The lowest BCUT2D eigenvalue weighted by molar-refractivity contribution is 0.0954. The zero-order valence-corrected chi connectivity index (χ0v) is 16.7. The van der Waals surface area contributed by atoms with Gasteiger partial charge in [-0.25, -0.2) is 4.39 Å². The van der Waals surface area contributed by atoms with E-state index in [0.717, 1.165) is 12.0 Å². The lowest BCUT2D eigenvalue weighted by Gasteiger charge is -2.10. The van der Waals surface area contributed by atoms with E-state index in [0.29, 0.717) is 28.7 Å². The van der Waals surface area contributed by atoms with Crippen molar-refractivity contribution in [1.82, 2.24) is 14.9 Å². The maximum absolute atomic E-state index is 13.2. The van der Waals surface area contributed by atoms with Gasteiger partial charge in [-0.15, -0.1) is 0 Å². The first-order valence-electron chi connectivity index (χ1n) is 9.40. The molecular weight excluding hydrogens is 401 g/mol. The van der Waals surface area contributed by atoms with Crippen LogP contribution in [-0.2, 0) is 6.42 Å². The van der Waals surface area contributed by atoms with E-state index in [-0.39, 0.29) is 16.2 Å². The molecule has 30 heavy (non-hydrogen) atoms. The Kier molecular flexibility index (Phi) is 5.54. The van der Waals surface area contributed by atoms with Gasteiger partial charge >= 0.3 is 0 Å². The smallest absolute Gasteiger partial charge is 0.266 e. The Morgan fingerprint density at radius 2 is 1.77 bits per heavy atom. The summed E-state index contributed by atoms with van der Waals surface area (Å²) in [6.07, 6.45) is 0.727. The van der Waals surface area contributed by atoms with Crippen LogP contribution in [-0.4, -0.2) is 22.0 Å². The zero-order chi connectivity index (χ0) is 21.1. The monoisotopic (exact) mass is 419 g/mol. The summed E-state index contributed by atoms with van der Waals surface area (Å²) in [6, 6.07) is 20.2. The summed E-state index contributed by atoms with van der Waals surface area (Å²) in [6.45, 7) is 0.503. The molecule has 0 bridgehead atoms. The molecule has 0 atom stereocenters. The fourth-order valence-electron chi connectivity index (χ4n) is 3.25. The number of hydrogen-bond donors (Lipinski definition) is 2. The number of hydrogen-bond acceptors (Lipinski definition) is 3. The van der Waals surface area contributed by atoms with Crippen LogP contribution in [0, 0.1) is 10.6 Å². The number of carbonyl (C=O) groups excluding carboxylic acids is 1. The molecule has 0 saturated carbocycles. The Labute approximate surface area is 176 Å². The van der Waals surface area contributed by atoms with E-state index in [4.69, 9.17) is 12.2 Å². The van der Waals surface area contributed by atoms with Gasteiger partial charge in [-0.3, -0.25) is 14.2 Å². The van der Waals surface area contributed by atoms with Crippen molar-refractivity contribution in [3.05, 3.63) is 105 Å². The molecule has 1 amide bonds. The van der Waals surface area contributed by atoms with E-state index in [1.165, 1.54) is 28.8 Å². The summed E-state index contributed by atoms with van der Waals surface area (Å²) in [4.78, 5) is 28.4. The third kappa shape index (κ3) is 4.06. The summed E-state index contributed by atoms with van der Waals surface area (Å²) >= 11 is 5.33. The minimum atomic E-state index is -0.398. The summed E-state index contributed by atoms with van der Waals surface area (Å²) in [5, 5.41) is 3.27. The number of aromatic nitrogens is 2. The summed E-state index contributed by atoms with van der Waals surface area (Å²) in [7, 11) is 0. The number of amides is 1. The quantitative estimate of drug-likeness (QED) is 0.478. The third-order valence-electron chi connectivity index (χ3n) is 4.79. The maximum Gasteiger partial charge on any atom is 0.266 e. The fraction of sp³-hybridized carbons (Fsp3) is 0.0870. The Morgan fingerprint density at radius 1 is 1.03 bits per heavy atom. The molecule has 150 valence electrons. The van der Waals surface area contributed by atoms with E-state index in [2.05, 4.69) is 10.3 Å². The van der Waals surface area contributed by atoms with Gasteiger partial charge in [-0.05, 0) is 66.7 Å². The Hall–Kier alpha value is -3.58. The Balaban J connectivity index is 1.59. The van der Waals surface area contributed by atoms with Crippen molar-refractivity contribution in [2.45, 2.75) is 6.42 Å². The van der Waals surface area contributed by atoms with Gasteiger partial charge in [0.25, 0.3) is 11.5 Å². The second-order valence-electron chi connectivity index (χ2n) is 6.80. The van der Waals surface area contributed by atoms with E-state index in [1.54, 1.807) is 18.2 Å². The molecule has 5 nitrogen and oxygen atoms in total.